The lowest BCUT2D eigenvalue weighted by Gasteiger charge is -2.12. The molecule has 0 aliphatic heterocycles. The van der Waals surface area contributed by atoms with E-state index in [1.165, 1.54) is 40.9 Å². The van der Waals surface area contributed by atoms with Crippen LogP contribution in [0, 0.1) is 5.82 Å². The van der Waals surface area contributed by atoms with Crippen LogP contribution in [0.15, 0.2) is 77.7 Å². The van der Waals surface area contributed by atoms with E-state index < -0.39 is 11.7 Å². The molecule has 1 amide bonds. The van der Waals surface area contributed by atoms with E-state index in [-0.39, 0.29) is 12.2 Å². The molecule has 0 unspecified atom stereocenters. The minimum absolute atomic E-state index is 0.0256. The Labute approximate surface area is 175 Å². The van der Waals surface area contributed by atoms with Gasteiger partial charge in [0.05, 0.1) is 16.4 Å². The average molecular weight is 424 g/mol. The van der Waals surface area contributed by atoms with Gasteiger partial charge in [-0.25, -0.2) is 9.37 Å². The molecular weight excluding hydrogens is 409 g/mol. The van der Waals surface area contributed by atoms with Gasteiger partial charge in [0.1, 0.15) is 23.8 Å². The van der Waals surface area contributed by atoms with E-state index in [1.807, 2.05) is 0 Å². The molecule has 2 heterocycles. The zero-order valence-corrected chi connectivity index (χ0v) is 16.3. The second kappa shape index (κ2) is 8.34. The number of carbonyl (C=O) groups excluding carboxylic acids is 1. The van der Waals surface area contributed by atoms with Gasteiger partial charge in [0.15, 0.2) is 0 Å². The Morgan fingerprint density at radius 1 is 1.10 bits per heavy atom. The van der Waals surface area contributed by atoms with Crippen molar-refractivity contribution in [3.8, 4) is 5.75 Å². The third-order valence-corrected chi connectivity index (χ3v) is 4.52. The first-order valence-electron chi connectivity index (χ1n) is 8.96. The van der Waals surface area contributed by atoms with Crippen molar-refractivity contribution >= 4 is 28.8 Å². The molecule has 0 aliphatic carbocycles. The van der Waals surface area contributed by atoms with Gasteiger partial charge in [0.25, 0.3) is 11.5 Å². The summed E-state index contributed by atoms with van der Waals surface area (Å²) < 4.78 is 20.2. The molecule has 0 saturated heterocycles. The number of aromatic nitrogens is 2. The van der Waals surface area contributed by atoms with E-state index >= 15 is 0 Å². The molecule has 0 atom stereocenters. The summed E-state index contributed by atoms with van der Waals surface area (Å²) >= 11 is 5.92. The van der Waals surface area contributed by atoms with Crippen LogP contribution in [0.1, 0.15) is 16.1 Å². The van der Waals surface area contributed by atoms with Gasteiger partial charge in [0.2, 0.25) is 0 Å². The molecule has 150 valence electrons. The van der Waals surface area contributed by atoms with E-state index in [0.29, 0.717) is 33.4 Å². The molecule has 4 aromatic rings. The van der Waals surface area contributed by atoms with Crippen LogP contribution in [0.5, 0.6) is 5.75 Å². The van der Waals surface area contributed by atoms with Gasteiger partial charge in [-0.05, 0) is 48.5 Å². The van der Waals surface area contributed by atoms with Crippen LogP contribution in [0.4, 0.5) is 10.1 Å². The number of hydrogen-bond acceptors (Lipinski definition) is 4. The lowest BCUT2D eigenvalue weighted by Crippen LogP contribution is -2.16. The molecule has 0 radical (unpaired) electrons. The van der Waals surface area contributed by atoms with E-state index in [1.54, 1.807) is 36.4 Å². The molecule has 0 bridgehead atoms. The van der Waals surface area contributed by atoms with Crippen molar-refractivity contribution in [2.45, 2.75) is 6.61 Å². The second-order valence-electron chi connectivity index (χ2n) is 6.41. The Kier molecular flexibility index (Phi) is 5.45. The molecule has 0 fully saturated rings. The Balaban J connectivity index is 1.53. The summed E-state index contributed by atoms with van der Waals surface area (Å²) in [5.41, 5.74) is 1.36. The van der Waals surface area contributed by atoms with Crippen molar-refractivity contribution in [1.82, 2.24) is 9.38 Å². The number of benzene rings is 2. The van der Waals surface area contributed by atoms with Crippen LogP contribution in [0.25, 0.3) is 5.65 Å². The van der Waals surface area contributed by atoms with E-state index in [2.05, 4.69) is 10.3 Å². The lowest BCUT2D eigenvalue weighted by molar-refractivity contribution is 0.102. The first-order chi connectivity index (χ1) is 14.5. The van der Waals surface area contributed by atoms with Crippen molar-refractivity contribution < 1.29 is 13.9 Å². The lowest BCUT2D eigenvalue weighted by atomic mass is 10.2. The number of pyridine rings is 1. The molecule has 30 heavy (non-hydrogen) atoms. The normalized spacial score (nSPS) is 10.7. The molecule has 1 N–H and O–H groups in total. The number of ether oxygens (including phenoxy) is 1. The fraction of sp³-hybridized carbons (Fsp3) is 0.0455. The minimum atomic E-state index is -0.420. The minimum Gasteiger partial charge on any atom is -0.485 e. The Bertz CT molecular complexity index is 1290. The summed E-state index contributed by atoms with van der Waals surface area (Å²) in [4.78, 5) is 29.1. The van der Waals surface area contributed by atoms with E-state index in [4.69, 9.17) is 16.3 Å². The molecule has 0 saturated carbocycles. The van der Waals surface area contributed by atoms with Crippen molar-refractivity contribution in [2.24, 2.45) is 0 Å². The maximum absolute atomic E-state index is 13.1. The van der Waals surface area contributed by atoms with Crippen molar-refractivity contribution in [3.05, 3.63) is 105 Å². The molecule has 2 aromatic heterocycles. The number of carbonyl (C=O) groups is 1. The molecule has 2 aromatic carbocycles. The zero-order valence-electron chi connectivity index (χ0n) is 15.5. The number of amides is 1. The van der Waals surface area contributed by atoms with Gasteiger partial charge >= 0.3 is 0 Å². The number of hydrogen-bond donors (Lipinski definition) is 1. The summed E-state index contributed by atoms with van der Waals surface area (Å²) in [5.74, 6) is -0.410. The quantitative estimate of drug-likeness (QED) is 0.519. The van der Waals surface area contributed by atoms with Crippen molar-refractivity contribution in [1.29, 1.82) is 0 Å². The first-order valence-corrected chi connectivity index (χ1v) is 9.34. The van der Waals surface area contributed by atoms with Crippen molar-refractivity contribution in [2.75, 3.05) is 5.32 Å². The van der Waals surface area contributed by atoms with Gasteiger partial charge < -0.3 is 10.1 Å². The predicted molar refractivity (Wildman–Crippen MR) is 112 cm³/mol. The second-order valence-corrected chi connectivity index (χ2v) is 6.84. The highest BCUT2D eigenvalue weighted by molar-refractivity contribution is 6.30. The number of halogens is 2. The molecule has 6 nitrogen and oxygen atoms in total. The SMILES string of the molecule is O=C(Nc1ccccc1OCc1cc(=O)n2cc(Cl)ccc2n1)c1ccc(F)cc1. The average Bonchev–Trinajstić information content (AvgIpc) is 2.74. The summed E-state index contributed by atoms with van der Waals surface area (Å²) in [5, 5.41) is 3.17. The summed E-state index contributed by atoms with van der Waals surface area (Å²) in [6.07, 6.45) is 1.50. The van der Waals surface area contributed by atoms with Crippen LogP contribution in [-0.2, 0) is 6.61 Å². The van der Waals surface area contributed by atoms with Crippen molar-refractivity contribution in [3.63, 3.8) is 0 Å². The largest absolute Gasteiger partial charge is 0.485 e. The summed E-state index contributed by atoms with van der Waals surface area (Å²) in [6.45, 7) is 0.0256. The fourth-order valence-electron chi connectivity index (χ4n) is 2.84. The summed E-state index contributed by atoms with van der Waals surface area (Å²) in [6, 6.07) is 16.8. The Morgan fingerprint density at radius 2 is 1.87 bits per heavy atom. The van der Waals surface area contributed by atoms with Gasteiger partial charge in [-0.1, -0.05) is 23.7 Å². The van der Waals surface area contributed by atoms with Gasteiger partial charge in [-0.15, -0.1) is 0 Å². The zero-order chi connectivity index (χ0) is 21.1. The number of nitrogens with zero attached hydrogens (tertiary/aromatic N) is 2. The highest BCUT2D eigenvalue weighted by atomic mass is 35.5. The van der Waals surface area contributed by atoms with Gasteiger partial charge in [-0.2, -0.15) is 0 Å². The summed E-state index contributed by atoms with van der Waals surface area (Å²) in [7, 11) is 0. The number of rotatable bonds is 5. The smallest absolute Gasteiger partial charge is 0.258 e. The molecule has 8 heteroatoms. The molecule has 4 rings (SSSR count). The number of anilines is 1. The highest BCUT2D eigenvalue weighted by Crippen LogP contribution is 2.25. The first kappa shape index (κ1) is 19.6. The Morgan fingerprint density at radius 3 is 2.67 bits per heavy atom. The monoisotopic (exact) mass is 423 g/mol. The maximum Gasteiger partial charge on any atom is 0.258 e. The molecular formula is C22H15ClFN3O3. The number of fused-ring (bicyclic) bond motifs is 1. The van der Waals surface area contributed by atoms with E-state index in [0.717, 1.165) is 0 Å². The third-order valence-electron chi connectivity index (χ3n) is 4.29. The van der Waals surface area contributed by atoms with E-state index in [9.17, 15) is 14.0 Å². The standard InChI is InChI=1S/C22H15ClFN3O3/c23-15-7-10-20-25-17(11-21(28)27(20)12-15)13-30-19-4-2-1-3-18(19)26-22(29)14-5-8-16(24)9-6-14/h1-12H,13H2,(H,26,29). The molecule has 0 spiro atoms. The van der Waals surface area contributed by atoms with Gasteiger partial charge in [-0.3, -0.25) is 14.0 Å². The predicted octanol–water partition coefficient (Wildman–Crippen LogP) is 4.32. The van der Waals surface area contributed by atoms with Crippen LogP contribution >= 0.6 is 11.6 Å². The van der Waals surface area contributed by atoms with Gasteiger partial charge in [0, 0.05) is 17.8 Å². The number of para-hydroxylation sites is 2. The topological polar surface area (TPSA) is 72.7 Å². The van der Waals surface area contributed by atoms with Crippen LogP contribution in [0.2, 0.25) is 5.02 Å². The van der Waals surface area contributed by atoms with Crippen LogP contribution < -0.4 is 15.6 Å². The Hall–Kier alpha value is -3.71. The third kappa shape index (κ3) is 4.31. The highest BCUT2D eigenvalue weighted by Gasteiger charge is 2.11. The molecule has 0 aliphatic rings. The van der Waals surface area contributed by atoms with Crippen LogP contribution in [-0.4, -0.2) is 15.3 Å². The number of nitrogens with one attached hydrogen (secondary N) is 1. The van der Waals surface area contributed by atoms with Crippen LogP contribution in [0.3, 0.4) is 0 Å². The maximum atomic E-state index is 13.1. The fourth-order valence-corrected chi connectivity index (χ4v) is 3.00.